The van der Waals surface area contributed by atoms with Crippen LogP contribution in [-0.4, -0.2) is 34.1 Å². The summed E-state index contributed by atoms with van der Waals surface area (Å²) < 4.78 is 0. The maximum absolute atomic E-state index is 11.0. The summed E-state index contributed by atoms with van der Waals surface area (Å²) >= 11 is 0. The zero-order valence-electron chi connectivity index (χ0n) is 10.1. The predicted octanol–water partition coefficient (Wildman–Crippen LogP) is 0.958. The molecule has 6 heteroatoms. The van der Waals surface area contributed by atoms with Gasteiger partial charge in [-0.25, -0.2) is 9.97 Å². The number of aliphatic carboxylic acids is 1. The lowest BCUT2D eigenvalue weighted by Gasteiger charge is -2.30. The number of carboxylic acid groups (broad SMARTS) is 1. The van der Waals surface area contributed by atoms with Gasteiger partial charge in [0.05, 0.1) is 5.92 Å². The van der Waals surface area contributed by atoms with E-state index in [1.807, 2.05) is 11.0 Å². The highest BCUT2D eigenvalue weighted by atomic mass is 16.4. The van der Waals surface area contributed by atoms with Crippen LogP contribution >= 0.6 is 0 Å². The van der Waals surface area contributed by atoms with Crippen molar-refractivity contribution in [3.05, 3.63) is 17.5 Å². The molecule has 0 amide bonds. The number of carboxylic acids is 1. The fraction of sp³-hybridized carbons (Fsp3) is 0.500. The second-order valence-electron chi connectivity index (χ2n) is 4.43. The van der Waals surface area contributed by atoms with Crippen LogP contribution in [0.15, 0.2) is 6.07 Å². The first kappa shape index (κ1) is 12.3. The van der Waals surface area contributed by atoms with Crippen molar-refractivity contribution in [3.8, 4) is 6.07 Å². The molecule has 0 radical (unpaired) electrons. The van der Waals surface area contributed by atoms with Crippen LogP contribution in [0, 0.1) is 24.2 Å². The largest absolute Gasteiger partial charge is 0.481 e. The molecule has 0 aromatic carbocycles. The number of carbonyl (C=O) groups is 1. The lowest BCUT2D eigenvalue weighted by molar-refractivity contribution is -0.141. The first-order valence-corrected chi connectivity index (χ1v) is 5.83. The van der Waals surface area contributed by atoms with Gasteiger partial charge in [-0.15, -0.1) is 0 Å². The summed E-state index contributed by atoms with van der Waals surface area (Å²) in [4.78, 5) is 21.2. The van der Waals surface area contributed by atoms with E-state index < -0.39 is 5.97 Å². The number of hydrogen-bond acceptors (Lipinski definition) is 5. The van der Waals surface area contributed by atoms with Crippen LogP contribution in [-0.2, 0) is 4.79 Å². The van der Waals surface area contributed by atoms with E-state index in [0.29, 0.717) is 30.3 Å². The number of anilines is 1. The molecule has 1 aromatic heterocycles. The Labute approximate surface area is 105 Å². The van der Waals surface area contributed by atoms with Crippen molar-refractivity contribution in [2.75, 3.05) is 18.0 Å². The minimum Gasteiger partial charge on any atom is -0.481 e. The molecule has 1 atom stereocenters. The molecule has 94 valence electrons. The molecule has 1 fully saturated rings. The van der Waals surface area contributed by atoms with Crippen LogP contribution in [0.4, 0.5) is 5.95 Å². The first-order chi connectivity index (χ1) is 8.60. The summed E-state index contributed by atoms with van der Waals surface area (Å²) in [7, 11) is 0. The second kappa shape index (κ2) is 5.00. The van der Waals surface area contributed by atoms with Gasteiger partial charge in [0.15, 0.2) is 0 Å². The zero-order chi connectivity index (χ0) is 13.1. The molecular weight excluding hydrogens is 232 g/mol. The Morgan fingerprint density at radius 3 is 3.06 bits per heavy atom. The highest BCUT2D eigenvalue weighted by molar-refractivity contribution is 5.71. The minimum atomic E-state index is -0.784. The van der Waals surface area contributed by atoms with Crippen molar-refractivity contribution in [2.45, 2.75) is 19.8 Å². The van der Waals surface area contributed by atoms with Gasteiger partial charge in [0.1, 0.15) is 11.8 Å². The van der Waals surface area contributed by atoms with E-state index in [9.17, 15) is 4.79 Å². The topological polar surface area (TPSA) is 90.1 Å². The number of hydrogen-bond donors (Lipinski definition) is 1. The van der Waals surface area contributed by atoms with E-state index >= 15 is 0 Å². The molecule has 2 rings (SSSR count). The van der Waals surface area contributed by atoms with Crippen LogP contribution in [0.5, 0.6) is 0 Å². The molecule has 18 heavy (non-hydrogen) atoms. The molecule has 1 aliphatic rings. The molecular formula is C12H14N4O2. The van der Waals surface area contributed by atoms with E-state index in [4.69, 9.17) is 10.4 Å². The average molecular weight is 246 g/mol. The molecule has 6 nitrogen and oxygen atoms in total. The highest BCUT2D eigenvalue weighted by Crippen LogP contribution is 2.21. The summed E-state index contributed by atoms with van der Waals surface area (Å²) in [6, 6.07) is 3.60. The third-order valence-electron chi connectivity index (χ3n) is 3.01. The van der Waals surface area contributed by atoms with Crippen molar-refractivity contribution >= 4 is 11.9 Å². The fourth-order valence-electron chi connectivity index (χ4n) is 2.11. The van der Waals surface area contributed by atoms with Gasteiger partial charge in [0, 0.05) is 18.8 Å². The SMILES string of the molecule is Cc1cc(C#N)nc(N2CCCC(C(=O)O)C2)n1. The third kappa shape index (κ3) is 2.56. The molecule has 1 N–H and O–H groups in total. The van der Waals surface area contributed by atoms with Gasteiger partial charge in [0.25, 0.3) is 0 Å². The normalized spacial score (nSPS) is 19.3. The van der Waals surface area contributed by atoms with Crippen LogP contribution in [0.3, 0.4) is 0 Å². The van der Waals surface area contributed by atoms with Crippen molar-refractivity contribution in [1.82, 2.24) is 9.97 Å². The van der Waals surface area contributed by atoms with Gasteiger partial charge in [-0.3, -0.25) is 4.79 Å². The number of nitrogens with zero attached hydrogens (tertiary/aromatic N) is 4. The van der Waals surface area contributed by atoms with E-state index in [1.54, 1.807) is 13.0 Å². The maximum atomic E-state index is 11.0. The van der Waals surface area contributed by atoms with Crippen molar-refractivity contribution in [2.24, 2.45) is 5.92 Å². The number of aryl methyl sites for hydroxylation is 1. The third-order valence-corrected chi connectivity index (χ3v) is 3.01. The van der Waals surface area contributed by atoms with E-state index in [-0.39, 0.29) is 5.92 Å². The molecule has 1 aromatic rings. The number of nitriles is 1. The Bertz CT molecular complexity index is 509. The molecule has 1 saturated heterocycles. The van der Waals surface area contributed by atoms with Gasteiger partial charge in [-0.05, 0) is 25.8 Å². The Hall–Kier alpha value is -2.16. The summed E-state index contributed by atoms with van der Waals surface area (Å²) in [5.41, 5.74) is 1.03. The maximum Gasteiger partial charge on any atom is 0.308 e. The highest BCUT2D eigenvalue weighted by Gasteiger charge is 2.26. The van der Waals surface area contributed by atoms with Gasteiger partial charge >= 0.3 is 5.97 Å². The Kier molecular flexibility index (Phi) is 3.42. The van der Waals surface area contributed by atoms with Gasteiger partial charge in [-0.2, -0.15) is 5.26 Å². The quantitative estimate of drug-likeness (QED) is 0.835. The van der Waals surface area contributed by atoms with E-state index in [1.165, 1.54) is 0 Å². The summed E-state index contributed by atoms with van der Waals surface area (Å²) in [5.74, 6) is -0.709. The average Bonchev–Trinajstić information content (AvgIpc) is 2.38. The Morgan fingerprint density at radius 2 is 2.39 bits per heavy atom. The molecule has 0 spiro atoms. The van der Waals surface area contributed by atoms with E-state index in [0.717, 1.165) is 13.0 Å². The molecule has 1 aliphatic heterocycles. The zero-order valence-corrected chi connectivity index (χ0v) is 10.1. The standard InChI is InChI=1S/C12H14N4O2/c1-8-5-10(6-13)15-12(14-8)16-4-2-3-9(7-16)11(17)18/h5,9H,2-4,7H2,1H3,(H,17,18). The second-order valence-corrected chi connectivity index (χ2v) is 4.43. The summed E-state index contributed by atoms with van der Waals surface area (Å²) in [6.45, 7) is 2.94. The molecule has 0 bridgehead atoms. The van der Waals surface area contributed by atoms with Crippen molar-refractivity contribution < 1.29 is 9.90 Å². The predicted molar refractivity (Wildman–Crippen MR) is 64.1 cm³/mol. The molecule has 0 saturated carbocycles. The Balaban J connectivity index is 2.23. The number of rotatable bonds is 2. The van der Waals surface area contributed by atoms with Crippen LogP contribution in [0.2, 0.25) is 0 Å². The number of aromatic nitrogens is 2. The lowest BCUT2D eigenvalue weighted by Crippen LogP contribution is -2.39. The summed E-state index contributed by atoms with van der Waals surface area (Å²) in [6.07, 6.45) is 1.49. The fourth-order valence-corrected chi connectivity index (χ4v) is 2.11. The van der Waals surface area contributed by atoms with Gasteiger partial charge < -0.3 is 10.0 Å². The van der Waals surface area contributed by atoms with Crippen molar-refractivity contribution in [1.29, 1.82) is 5.26 Å². The molecule has 2 heterocycles. The molecule has 1 unspecified atom stereocenters. The number of piperidine rings is 1. The first-order valence-electron chi connectivity index (χ1n) is 5.83. The molecule has 0 aliphatic carbocycles. The van der Waals surface area contributed by atoms with E-state index in [2.05, 4.69) is 9.97 Å². The van der Waals surface area contributed by atoms with Crippen LogP contribution < -0.4 is 4.90 Å². The van der Waals surface area contributed by atoms with Gasteiger partial charge in [-0.1, -0.05) is 0 Å². The van der Waals surface area contributed by atoms with Crippen molar-refractivity contribution in [3.63, 3.8) is 0 Å². The van der Waals surface area contributed by atoms with Gasteiger partial charge in [0.2, 0.25) is 5.95 Å². The van der Waals surface area contributed by atoms with Crippen LogP contribution in [0.25, 0.3) is 0 Å². The smallest absolute Gasteiger partial charge is 0.308 e. The lowest BCUT2D eigenvalue weighted by atomic mass is 9.99. The summed E-state index contributed by atoms with van der Waals surface area (Å²) in [5, 5.41) is 17.9. The minimum absolute atomic E-state index is 0.315. The van der Waals surface area contributed by atoms with Crippen LogP contribution in [0.1, 0.15) is 24.2 Å². The monoisotopic (exact) mass is 246 g/mol. The Morgan fingerprint density at radius 1 is 1.61 bits per heavy atom.